The number of hydrogen-bond donors (Lipinski definition) is 1. The number of anilines is 1. The number of benzene rings is 3. The van der Waals surface area contributed by atoms with Crippen LogP contribution in [0.5, 0.6) is 0 Å². The van der Waals surface area contributed by atoms with Crippen molar-refractivity contribution in [2.45, 2.75) is 46.2 Å². The summed E-state index contributed by atoms with van der Waals surface area (Å²) in [6.07, 6.45) is 1.91. The van der Waals surface area contributed by atoms with Crippen molar-refractivity contribution in [2.24, 2.45) is 0 Å². The van der Waals surface area contributed by atoms with Gasteiger partial charge in [0.1, 0.15) is 18.4 Å². The molecule has 0 aliphatic heterocycles. The molecule has 3 aromatic carbocycles. The van der Waals surface area contributed by atoms with Gasteiger partial charge in [-0.1, -0.05) is 61.5 Å². The number of sulfonamides is 1. The summed E-state index contributed by atoms with van der Waals surface area (Å²) in [6, 6.07) is 19.6. The van der Waals surface area contributed by atoms with Crippen LogP contribution in [0, 0.1) is 19.7 Å². The van der Waals surface area contributed by atoms with Crippen LogP contribution in [-0.2, 0) is 32.6 Å². The normalized spacial score (nSPS) is 12.0. The van der Waals surface area contributed by atoms with Gasteiger partial charge in [-0.15, -0.1) is 0 Å². The van der Waals surface area contributed by atoms with Gasteiger partial charge in [0.2, 0.25) is 21.8 Å². The van der Waals surface area contributed by atoms with Gasteiger partial charge in [0, 0.05) is 25.1 Å². The van der Waals surface area contributed by atoms with Crippen LogP contribution >= 0.6 is 0 Å². The van der Waals surface area contributed by atoms with Gasteiger partial charge in [-0.25, -0.2) is 12.8 Å². The third kappa shape index (κ3) is 8.38. The second-order valence-corrected chi connectivity index (χ2v) is 11.6. The second-order valence-electron chi connectivity index (χ2n) is 9.73. The molecule has 0 aliphatic carbocycles. The van der Waals surface area contributed by atoms with Gasteiger partial charge in [0.15, 0.2) is 0 Å². The standard InChI is InChI=1S/C30H36FN3O4S/c1-5-15-32-30(36)28(19-24-11-7-6-8-12-24)33(20-25-13-9-10-14-27(25)31)29(35)21-34(39(4,37)38)26-17-22(2)16-23(3)18-26/h6-14,16-18,28H,5,15,19-21H2,1-4H3,(H,32,36)/t28-/m0/s1. The number of rotatable bonds is 12. The van der Waals surface area contributed by atoms with Gasteiger partial charge in [-0.3, -0.25) is 13.9 Å². The quantitative estimate of drug-likeness (QED) is 0.361. The van der Waals surface area contributed by atoms with Crippen molar-refractivity contribution in [1.82, 2.24) is 10.2 Å². The Morgan fingerprint density at radius 3 is 2.15 bits per heavy atom. The monoisotopic (exact) mass is 553 g/mol. The minimum absolute atomic E-state index is 0.180. The first-order valence-corrected chi connectivity index (χ1v) is 14.7. The van der Waals surface area contributed by atoms with Crippen molar-refractivity contribution < 1.29 is 22.4 Å². The van der Waals surface area contributed by atoms with Gasteiger partial charge in [-0.05, 0) is 55.2 Å². The van der Waals surface area contributed by atoms with Gasteiger partial charge in [0.05, 0.1) is 11.9 Å². The van der Waals surface area contributed by atoms with Crippen molar-refractivity contribution in [3.8, 4) is 0 Å². The number of nitrogens with one attached hydrogen (secondary N) is 1. The average molecular weight is 554 g/mol. The minimum Gasteiger partial charge on any atom is -0.354 e. The highest BCUT2D eigenvalue weighted by Crippen LogP contribution is 2.23. The van der Waals surface area contributed by atoms with E-state index in [0.29, 0.717) is 18.7 Å². The molecule has 39 heavy (non-hydrogen) atoms. The molecule has 0 saturated heterocycles. The molecule has 208 valence electrons. The number of aryl methyl sites for hydroxylation is 2. The molecule has 1 atom stereocenters. The Balaban J connectivity index is 2.07. The van der Waals surface area contributed by atoms with Crippen LogP contribution in [0.25, 0.3) is 0 Å². The third-order valence-electron chi connectivity index (χ3n) is 6.29. The summed E-state index contributed by atoms with van der Waals surface area (Å²) in [5.74, 6) is -1.52. The molecule has 3 rings (SSSR count). The van der Waals surface area contributed by atoms with E-state index in [-0.39, 0.29) is 24.4 Å². The predicted octanol–water partition coefficient (Wildman–Crippen LogP) is 4.37. The first-order chi connectivity index (χ1) is 18.5. The predicted molar refractivity (Wildman–Crippen MR) is 152 cm³/mol. The molecule has 0 unspecified atom stereocenters. The zero-order valence-corrected chi connectivity index (χ0v) is 23.7. The van der Waals surface area contributed by atoms with Gasteiger partial charge >= 0.3 is 0 Å². The maximum absolute atomic E-state index is 14.8. The molecule has 2 amide bonds. The highest BCUT2D eigenvalue weighted by molar-refractivity contribution is 7.92. The first-order valence-electron chi connectivity index (χ1n) is 12.9. The molecule has 7 nitrogen and oxygen atoms in total. The lowest BCUT2D eigenvalue weighted by Crippen LogP contribution is -2.53. The summed E-state index contributed by atoms with van der Waals surface area (Å²) in [7, 11) is -3.87. The van der Waals surface area contributed by atoms with Gasteiger partial charge in [0.25, 0.3) is 0 Å². The summed E-state index contributed by atoms with van der Waals surface area (Å²) in [6.45, 7) is 5.27. The topological polar surface area (TPSA) is 86.8 Å². The second kappa shape index (κ2) is 13.4. The Hall–Kier alpha value is -3.72. The highest BCUT2D eigenvalue weighted by Gasteiger charge is 2.33. The molecule has 0 spiro atoms. The van der Waals surface area contributed by atoms with Gasteiger partial charge in [-0.2, -0.15) is 0 Å². The summed E-state index contributed by atoms with van der Waals surface area (Å²) in [4.78, 5) is 28.7. The molecule has 0 fully saturated rings. The lowest BCUT2D eigenvalue weighted by molar-refractivity contribution is -0.140. The van der Waals surface area contributed by atoms with Crippen molar-refractivity contribution in [3.05, 3.63) is 101 Å². The highest BCUT2D eigenvalue weighted by atomic mass is 32.2. The molecule has 0 bridgehead atoms. The zero-order valence-electron chi connectivity index (χ0n) is 22.9. The average Bonchev–Trinajstić information content (AvgIpc) is 2.88. The number of nitrogens with zero attached hydrogens (tertiary/aromatic N) is 2. The molecule has 9 heteroatoms. The number of amides is 2. The fraction of sp³-hybridized carbons (Fsp3) is 0.333. The van der Waals surface area contributed by atoms with E-state index in [1.54, 1.807) is 30.3 Å². The maximum atomic E-state index is 14.8. The first kappa shape index (κ1) is 29.8. The number of carbonyl (C=O) groups excluding carboxylic acids is 2. The lowest BCUT2D eigenvalue weighted by Gasteiger charge is -2.33. The lowest BCUT2D eigenvalue weighted by atomic mass is 10.0. The Morgan fingerprint density at radius 1 is 0.949 bits per heavy atom. The molecule has 0 heterocycles. The molecule has 0 radical (unpaired) electrons. The van der Waals surface area contributed by atoms with E-state index in [9.17, 15) is 22.4 Å². The molecule has 1 N–H and O–H groups in total. The molecule has 0 saturated carbocycles. The fourth-order valence-electron chi connectivity index (χ4n) is 4.44. The minimum atomic E-state index is -3.87. The van der Waals surface area contributed by atoms with Crippen molar-refractivity contribution >= 4 is 27.5 Å². The maximum Gasteiger partial charge on any atom is 0.244 e. The molecular formula is C30H36FN3O4S. The molecule has 3 aromatic rings. The van der Waals surface area contributed by atoms with Crippen LogP contribution in [0.4, 0.5) is 10.1 Å². The summed E-state index contributed by atoms with van der Waals surface area (Å²) in [5, 5.41) is 2.86. The SMILES string of the molecule is CCCNC(=O)[C@H](Cc1ccccc1)N(Cc1ccccc1F)C(=O)CN(c1cc(C)cc(C)c1)S(C)(=O)=O. The zero-order chi connectivity index (χ0) is 28.6. The largest absolute Gasteiger partial charge is 0.354 e. The number of halogens is 1. The van der Waals surface area contributed by atoms with Crippen molar-refractivity contribution in [1.29, 1.82) is 0 Å². The van der Waals surface area contributed by atoms with E-state index in [0.717, 1.165) is 27.3 Å². The Kier molecular flexibility index (Phi) is 10.2. The Morgan fingerprint density at radius 2 is 1.56 bits per heavy atom. The van der Waals surface area contributed by atoms with Crippen LogP contribution in [0.1, 0.15) is 35.6 Å². The van der Waals surface area contributed by atoms with Crippen LogP contribution in [-0.4, -0.2) is 50.5 Å². The number of carbonyl (C=O) groups is 2. The smallest absolute Gasteiger partial charge is 0.244 e. The van der Waals surface area contributed by atoms with E-state index in [4.69, 9.17) is 0 Å². The molecule has 0 aliphatic rings. The van der Waals surface area contributed by atoms with Crippen molar-refractivity contribution in [2.75, 3.05) is 23.7 Å². The van der Waals surface area contributed by atoms with Gasteiger partial charge < -0.3 is 10.2 Å². The van der Waals surface area contributed by atoms with E-state index >= 15 is 0 Å². The summed E-state index contributed by atoms with van der Waals surface area (Å²) < 4.78 is 41.6. The summed E-state index contributed by atoms with van der Waals surface area (Å²) in [5.41, 5.74) is 3.08. The fourth-order valence-corrected chi connectivity index (χ4v) is 5.27. The van der Waals surface area contributed by atoms with E-state index in [2.05, 4.69) is 5.32 Å². The molecule has 0 aromatic heterocycles. The van der Waals surface area contributed by atoms with E-state index < -0.39 is 34.3 Å². The van der Waals surface area contributed by atoms with Crippen LogP contribution in [0.3, 0.4) is 0 Å². The molecular weight excluding hydrogens is 517 g/mol. The van der Waals surface area contributed by atoms with Crippen LogP contribution in [0.15, 0.2) is 72.8 Å². The number of hydrogen-bond acceptors (Lipinski definition) is 4. The Bertz CT molecular complexity index is 1380. The van der Waals surface area contributed by atoms with E-state index in [1.807, 2.05) is 57.2 Å². The van der Waals surface area contributed by atoms with Crippen LogP contribution < -0.4 is 9.62 Å². The van der Waals surface area contributed by atoms with Crippen molar-refractivity contribution in [3.63, 3.8) is 0 Å². The van der Waals surface area contributed by atoms with E-state index in [1.165, 1.54) is 11.0 Å². The Labute approximate surface area is 230 Å². The van der Waals surface area contributed by atoms with Crippen LogP contribution in [0.2, 0.25) is 0 Å². The summed E-state index contributed by atoms with van der Waals surface area (Å²) >= 11 is 0. The third-order valence-corrected chi connectivity index (χ3v) is 7.43.